The molecule has 0 unspecified atom stereocenters. The highest BCUT2D eigenvalue weighted by Gasteiger charge is 2.38. The van der Waals surface area contributed by atoms with Crippen LogP contribution in [0, 0.1) is 13.8 Å². The van der Waals surface area contributed by atoms with Crippen molar-refractivity contribution in [2.24, 2.45) is 0 Å². The maximum atomic E-state index is 12.8. The lowest BCUT2D eigenvalue weighted by Crippen LogP contribution is -2.48. The fraction of sp³-hybridized carbons (Fsp3) is 0.750. The summed E-state index contributed by atoms with van der Waals surface area (Å²) in [4.78, 5) is 17.3. The van der Waals surface area contributed by atoms with E-state index in [0.717, 1.165) is 37.3 Å². The van der Waals surface area contributed by atoms with Crippen LogP contribution in [0.4, 0.5) is 0 Å². The van der Waals surface area contributed by atoms with Gasteiger partial charge in [-0.05, 0) is 53.1 Å². The van der Waals surface area contributed by atoms with Crippen molar-refractivity contribution in [2.45, 2.75) is 58.2 Å². The molecule has 2 saturated heterocycles. The summed E-state index contributed by atoms with van der Waals surface area (Å²) in [7, 11) is 2.18. The first-order chi connectivity index (χ1) is 10.5. The molecule has 0 N–H and O–H groups in total. The highest BCUT2D eigenvalue weighted by Crippen LogP contribution is 2.29. The van der Waals surface area contributed by atoms with Gasteiger partial charge in [-0.3, -0.25) is 9.48 Å². The first kappa shape index (κ1) is 15.8. The fourth-order valence-electron chi connectivity index (χ4n) is 3.97. The van der Waals surface area contributed by atoms with E-state index in [0.29, 0.717) is 23.7 Å². The van der Waals surface area contributed by atoms with Crippen LogP contribution in [0.2, 0.25) is 5.02 Å². The molecular weight excluding hydrogens is 300 g/mol. The predicted molar refractivity (Wildman–Crippen MR) is 87.1 cm³/mol. The third kappa shape index (κ3) is 2.76. The van der Waals surface area contributed by atoms with Gasteiger partial charge in [0.05, 0.1) is 16.4 Å². The number of hydrogen-bond donors (Lipinski definition) is 0. The Labute approximate surface area is 137 Å². The summed E-state index contributed by atoms with van der Waals surface area (Å²) in [6.45, 7) is 6.12. The lowest BCUT2D eigenvalue weighted by Gasteiger charge is -2.33. The quantitative estimate of drug-likeness (QED) is 0.856. The average Bonchev–Trinajstić information content (AvgIpc) is 3.16. The maximum absolute atomic E-state index is 12.8. The Bertz CT molecular complexity index is 571. The Balaban J connectivity index is 1.72. The molecule has 2 atom stereocenters. The summed E-state index contributed by atoms with van der Waals surface area (Å²) < 4.78 is 1.74. The molecule has 1 aromatic heterocycles. The van der Waals surface area contributed by atoms with Crippen molar-refractivity contribution in [1.29, 1.82) is 0 Å². The van der Waals surface area contributed by atoms with Gasteiger partial charge in [0.15, 0.2) is 0 Å². The van der Waals surface area contributed by atoms with Gasteiger partial charge in [-0.1, -0.05) is 11.6 Å². The van der Waals surface area contributed by atoms with E-state index in [1.54, 1.807) is 4.68 Å². The third-order valence-corrected chi connectivity index (χ3v) is 5.77. The van der Waals surface area contributed by atoms with Crippen molar-refractivity contribution in [3.8, 4) is 0 Å². The zero-order valence-corrected chi connectivity index (χ0v) is 14.4. The fourth-order valence-corrected chi connectivity index (χ4v) is 4.11. The molecule has 3 rings (SSSR count). The Morgan fingerprint density at radius 3 is 2.50 bits per heavy atom. The summed E-state index contributed by atoms with van der Waals surface area (Å²) in [5.74, 6) is 0.171. The molecule has 1 aromatic rings. The summed E-state index contributed by atoms with van der Waals surface area (Å²) in [6.07, 6.45) is 4.68. The molecule has 0 aliphatic carbocycles. The molecule has 5 nitrogen and oxygen atoms in total. The van der Waals surface area contributed by atoms with Crippen molar-refractivity contribution in [2.75, 3.05) is 20.1 Å². The van der Waals surface area contributed by atoms with Crippen molar-refractivity contribution < 1.29 is 4.79 Å². The van der Waals surface area contributed by atoms with E-state index in [1.807, 2.05) is 13.8 Å². The van der Waals surface area contributed by atoms with Gasteiger partial charge in [0.25, 0.3) is 0 Å². The molecule has 0 saturated carbocycles. The van der Waals surface area contributed by atoms with Crippen LogP contribution >= 0.6 is 11.6 Å². The molecule has 2 fully saturated rings. The minimum Gasteiger partial charge on any atom is -0.337 e. The SMILES string of the molecule is Cc1nn(CC(=O)N2CCC[C@H]2[C@H]2CCCN2C)c(C)c1Cl. The lowest BCUT2D eigenvalue weighted by molar-refractivity contribution is -0.133. The summed E-state index contributed by atoms with van der Waals surface area (Å²) in [5, 5.41) is 5.05. The molecule has 0 radical (unpaired) electrons. The second-order valence-corrected chi connectivity index (χ2v) is 7.01. The second-order valence-electron chi connectivity index (χ2n) is 6.63. The Hall–Kier alpha value is -1.07. The van der Waals surface area contributed by atoms with Crippen molar-refractivity contribution in [3.05, 3.63) is 16.4 Å². The lowest BCUT2D eigenvalue weighted by atomic mass is 10.0. The predicted octanol–water partition coefficient (Wildman–Crippen LogP) is 2.24. The molecule has 2 aliphatic rings. The number of amides is 1. The van der Waals surface area contributed by atoms with Crippen molar-refractivity contribution >= 4 is 17.5 Å². The highest BCUT2D eigenvalue weighted by atomic mass is 35.5. The smallest absolute Gasteiger partial charge is 0.244 e. The van der Waals surface area contributed by atoms with Gasteiger partial charge in [-0.25, -0.2) is 0 Å². The summed E-state index contributed by atoms with van der Waals surface area (Å²) in [6, 6.07) is 0.892. The van der Waals surface area contributed by atoms with Gasteiger partial charge in [-0.15, -0.1) is 0 Å². The monoisotopic (exact) mass is 324 g/mol. The van der Waals surface area contributed by atoms with E-state index in [1.165, 1.54) is 12.8 Å². The minimum atomic E-state index is 0.171. The number of aryl methyl sites for hydroxylation is 1. The average molecular weight is 325 g/mol. The van der Waals surface area contributed by atoms with E-state index in [9.17, 15) is 4.79 Å². The van der Waals surface area contributed by atoms with Gasteiger partial charge in [-0.2, -0.15) is 5.10 Å². The van der Waals surface area contributed by atoms with E-state index in [2.05, 4.69) is 21.9 Å². The molecule has 0 bridgehead atoms. The topological polar surface area (TPSA) is 41.4 Å². The first-order valence-electron chi connectivity index (χ1n) is 8.18. The molecule has 0 aromatic carbocycles. The molecule has 0 spiro atoms. The number of rotatable bonds is 3. The number of halogens is 1. The van der Waals surface area contributed by atoms with Crippen LogP contribution in [0.25, 0.3) is 0 Å². The molecule has 122 valence electrons. The Morgan fingerprint density at radius 1 is 1.23 bits per heavy atom. The van der Waals surface area contributed by atoms with Crippen LogP contribution in [0.3, 0.4) is 0 Å². The zero-order chi connectivity index (χ0) is 15.9. The maximum Gasteiger partial charge on any atom is 0.244 e. The van der Waals surface area contributed by atoms with Crippen LogP contribution in [0.5, 0.6) is 0 Å². The van der Waals surface area contributed by atoms with Gasteiger partial charge in [0.1, 0.15) is 6.54 Å². The number of likely N-dealkylation sites (tertiary alicyclic amines) is 2. The number of likely N-dealkylation sites (N-methyl/N-ethyl adjacent to an activating group) is 1. The Kier molecular flexibility index (Phi) is 4.46. The van der Waals surface area contributed by atoms with Crippen LogP contribution in [-0.4, -0.2) is 57.7 Å². The number of hydrogen-bond acceptors (Lipinski definition) is 3. The van der Waals surface area contributed by atoms with Crippen LogP contribution in [0.1, 0.15) is 37.1 Å². The van der Waals surface area contributed by atoms with Gasteiger partial charge >= 0.3 is 0 Å². The zero-order valence-electron chi connectivity index (χ0n) is 13.7. The largest absolute Gasteiger partial charge is 0.337 e. The molecule has 3 heterocycles. The molecule has 6 heteroatoms. The molecule has 1 amide bonds. The van der Waals surface area contributed by atoms with Gasteiger partial charge < -0.3 is 9.80 Å². The second kappa shape index (κ2) is 6.20. The van der Waals surface area contributed by atoms with Gasteiger partial charge in [0.2, 0.25) is 5.91 Å². The normalized spacial score (nSPS) is 26.1. The number of carbonyl (C=O) groups excluding carboxylic acids is 1. The van der Waals surface area contributed by atoms with Crippen LogP contribution in [0.15, 0.2) is 0 Å². The van der Waals surface area contributed by atoms with Crippen LogP contribution < -0.4 is 0 Å². The molecular formula is C16H25ClN4O. The minimum absolute atomic E-state index is 0.171. The van der Waals surface area contributed by atoms with E-state index in [4.69, 9.17) is 11.6 Å². The van der Waals surface area contributed by atoms with Gasteiger partial charge in [0, 0.05) is 18.6 Å². The number of carbonyl (C=O) groups is 1. The molecule has 22 heavy (non-hydrogen) atoms. The Morgan fingerprint density at radius 2 is 1.91 bits per heavy atom. The van der Waals surface area contributed by atoms with E-state index >= 15 is 0 Å². The summed E-state index contributed by atoms with van der Waals surface area (Å²) >= 11 is 6.18. The van der Waals surface area contributed by atoms with Crippen molar-refractivity contribution in [1.82, 2.24) is 19.6 Å². The molecule has 2 aliphatic heterocycles. The third-order valence-electron chi connectivity index (χ3n) is 5.22. The standard InChI is InChI=1S/C16H25ClN4O/c1-11-16(17)12(2)21(18-11)10-15(22)20-9-5-7-14(20)13-6-4-8-19(13)3/h13-14H,4-10H2,1-3H3/t13-,14+/m1/s1. The van der Waals surface area contributed by atoms with Crippen molar-refractivity contribution in [3.63, 3.8) is 0 Å². The van der Waals surface area contributed by atoms with E-state index in [-0.39, 0.29) is 5.91 Å². The number of nitrogens with zero attached hydrogens (tertiary/aromatic N) is 4. The summed E-state index contributed by atoms with van der Waals surface area (Å²) in [5.41, 5.74) is 1.67. The van der Waals surface area contributed by atoms with Crippen LogP contribution in [-0.2, 0) is 11.3 Å². The van der Waals surface area contributed by atoms with E-state index < -0.39 is 0 Å². The number of aromatic nitrogens is 2. The highest BCUT2D eigenvalue weighted by molar-refractivity contribution is 6.31. The first-order valence-corrected chi connectivity index (χ1v) is 8.56.